The van der Waals surface area contributed by atoms with E-state index in [4.69, 9.17) is 9.47 Å². The highest BCUT2D eigenvalue weighted by Gasteiger charge is 2.42. The highest BCUT2D eigenvalue weighted by molar-refractivity contribution is 4.96. The normalized spacial score (nSPS) is 23.7. The van der Waals surface area contributed by atoms with Crippen molar-refractivity contribution in [3.8, 4) is 0 Å². The first-order valence-corrected chi connectivity index (χ1v) is 7.72. The lowest BCUT2D eigenvalue weighted by molar-refractivity contribution is -0.0325. The molecule has 0 atom stereocenters. The number of hydrogen-bond acceptors (Lipinski definition) is 4. The Morgan fingerprint density at radius 2 is 1.68 bits per heavy atom. The van der Waals surface area contributed by atoms with E-state index < -0.39 is 0 Å². The van der Waals surface area contributed by atoms with Gasteiger partial charge in [-0.25, -0.2) is 0 Å². The molecule has 2 aliphatic heterocycles. The van der Waals surface area contributed by atoms with Gasteiger partial charge in [0.15, 0.2) is 0 Å². The summed E-state index contributed by atoms with van der Waals surface area (Å²) in [5, 5.41) is 0. The van der Waals surface area contributed by atoms with E-state index in [0.717, 1.165) is 26.2 Å². The molecule has 0 aromatic heterocycles. The molecule has 19 heavy (non-hydrogen) atoms. The minimum absolute atomic E-state index is 0.682. The predicted molar refractivity (Wildman–Crippen MR) is 77.5 cm³/mol. The van der Waals surface area contributed by atoms with Crippen LogP contribution in [0.4, 0.5) is 0 Å². The largest absolute Gasteiger partial charge is 0.385 e. The zero-order valence-electron chi connectivity index (χ0n) is 12.7. The van der Waals surface area contributed by atoms with Gasteiger partial charge in [-0.2, -0.15) is 0 Å². The molecule has 2 rings (SSSR count). The first-order chi connectivity index (χ1) is 9.24. The van der Waals surface area contributed by atoms with Gasteiger partial charge in [0, 0.05) is 46.6 Å². The van der Waals surface area contributed by atoms with Gasteiger partial charge in [-0.15, -0.1) is 0 Å². The summed E-state index contributed by atoms with van der Waals surface area (Å²) < 4.78 is 10.6. The third kappa shape index (κ3) is 4.71. The zero-order chi connectivity index (χ0) is 13.6. The fourth-order valence-corrected chi connectivity index (χ4v) is 3.46. The van der Waals surface area contributed by atoms with Crippen LogP contribution in [-0.2, 0) is 9.47 Å². The van der Waals surface area contributed by atoms with Crippen molar-refractivity contribution >= 4 is 0 Å². The lowest BCUT2D eigenvalue weighted by Gasteiger charge is -2.53. The molecule has 1 spiro atoms. The van der Waals surface area contributed by atoms with Gasteiger partial charge in [0.1, 0.15) is 0 Å². The minimum atomic E-state index is 0.682. The van der Waals surface area contributed by atoms with Gasteiger partial charge in [0.2, 0.25) is 0 Å². The molecule has 2 fully saturated rings. The number of rotatable bonds is 8. The fraction of sp³-hybridized carbons (Fsp3) is 1.00. The quantitative estimate of drug-likeness (QED) is 0.623. The Bertz CT molecular complexity index is 245. The van der Waals surface area contributed by atoms with E-state index in [1.54, 1.807) is 7.11 Å². The molecule has 4 heteroatoms. The summed E-state index contributed by atoms with van der Waals surface area (Å²) in [7, 11) is 3.97. The molecule has 112 valence electrons. The first-order valence-electron chi connectivity index (χ1n) is 7.72. The maximum Gasteiger partial charge on any atom is 0.0487 e. The van der Waals surface area contributed by atoms with Crippen molar-refractivity contribution in [2.45, 2.75) is 25.7 Å². The summed E-state index contributed by atoms with van der Waals surface area (Å²) in [6.07, 6.45) is 4.97. The maximum absolute atomic E-state index is 5.60. The van der Waals surface area contributed by atoms with E-state index in [0.29, 0.717) is 5.41 Å². The number of hydrogen-bond donors (Lipinski definition) is 0. The van der Waals surface area contributed by atoms with E-state index in [1.807, 2.05) is 0 Å². The molecular weight excluding hydrogens is 240 g/mol. The predicted octanol–water partition coefficient (Wildman–Crippen LogP) is 1.46. The number of likely N-dealkylation sites (tertiary alicyclic amines) is 2. The third-order valence-corrected chi connectivity index (χ3v) is 4.53. The second-order valence-corrected chi connectivity index (χ2v) is 6.33. The molecule has 0 aromatic carbocycles. The van der Waals surface area contributed by atoms with Gasteiger partial charge in [-0.1, -0.05) is 0 Å². The van der Waals surface area contributed by atoms with Gasteiger partial charge < -0.3 is 19.3 Å². The van der Waals surface area contributed by atoms with Crippen LogP contribution in [0.3, 0.4) is 0 Å². The minimum Gasteiger partial charge on any atom is -0.385 e. The van der Waals surface area contributed by atoms with Gasteiger partial charge in [-0.3, -0.25) is 0 Å². The van der Waals surface area contributed by atoms with Crippen LogP contribution in [0.15, 0.2) is 0 Å². The van der Waals surface area contributed by atoms with Crippen molar-refractivity contribution in [1.82, 2.24) is 9.80 Å². The van der Waals surface area contributed by atoms with Crippen LogP contribution >= 0.6 is 0 Å². The van der Waals surface area contributed by atoms with Crippen molar-refractivity contribution < 1.29 is 9.47 Å². The zero-order valence-corrected chi connectivity index (χ0v) is 12.7. The maximum atomic E-state index is 5.60. The van der Waals surface area contributed by atoms with Crippen molar-refractivity contribution in [3.05, 3.63) is 0 Å². The highest BCUT2D eigenvalue weighted by Crippen LogP contribution is 2.39. The Morgan fingerprint density at radius 3 is 2.32 bits per heavy atom. The van der Waals surface area contributed by atoms with Gasteiger partial charge in [-0.05, 0) is 51.2 Å². The molecule has 0 bridgehead atoms. The Morgan fingerprint density at radius 1 is 1.00 bits per heavy atom. The molecule has 0 amide bonds. The molecule has 2 heterocycles. The number of nitrogens with zero attached hydrogens (tertiary/aromatic N) is 2. The van der Waals surface area contributed by atoms with Crippen LogP contribution in [0.1, 0.15) is 25.7 Å². The van der Waals surface area contributed by atoms with Crippen LogP contribution in [0, 0.1) is 5.41 Å². The Kier molecular flexibility index (Phi) is 6.07. The summed E-state index contributed by atoms with van der Waals surface area (Å²) in [6.45, 7) is 8.97. The van der Waals surface area contributed by atoms with E-state index in [9.17, 15) is 0 Å². The summed E-state index contributed by atoms with van der Waals surface area (Å²) in [6, 6.07) is 0. The molecule has 0 N–H and O–H groups in total. The monoisotopic (exact) mass is 270 g/mol. The topological polar surface area (TPSA) is 24.9 Å². The molecule has 4 nitrogen and oxygen atoms in total. The smallest absolute Gasteiger partial charge is 0.0487 e. The molecule has 2 aliphatic rings. The summed E-state index contributed by atoms with van der Waals surface area (Å²) in [5.41, 5.74) is 0.682. The number of ether oxygens (including phenoxy) is 2. The second-order valence-electron chi connectivity index (χ2n) is 6.33. The van der Waals surface area contributed by atoms with Crippen molar-refractivity contribution in [1.29, 1.82) is 0 Å². The average molecular weight is 270 g/mol. The molecule has 0 unspecified atom stereocenters. The Hall–Kier alpha value is -0.160. The fourth-order valence-electron chi connectivity index (χ4n) is 3.46. The highest BCUT2D eigenvalue weighted by atomic mass is 16.5. The SMILES string of the molecule is COCCCOCCCN1CCC2(CC1)CN(C)C2. The van der Waals surface area contributed by atoms with E-state index >= 15 is 0 Å². The molecule has 0 saturated carbocycles. The molecule has 0 aliphatic carbocycles. The van der Waals surface area contributed by atoms with Crippen molar-refractivity contribution in [2.24, 2.45) is 5.41 Å². The van der Waals surface area contributed by atoms with Crippen LogP contribution < -0.4 is 0 Å². The summed E-state index contributed by atoms with van der Waals surface area (Å²) in [5.74, 6) is 0. The van der Waals surface area contributed by atoms with Crippen LogP contribution in [-0.4, -0.2) is 76.5 Å². The van der Waals surface area contributed by atoms with E-state index in [1.165, 1.54) is 52.0 Å². The average Bonchev–Trinajstić information content (AvgIpc) is 2.38. The van der Waals surface area contributed by atoms with E-state index in [-0.39, 0.29) is 0 Å². The molecule has 0 radical (unpaired) electrons. The molecule has 0 aromatic rings. The van der Waals surface area contributed by atoms with Crippen LogP contribution in [0.25, 0.3) is 0 Å². The van der Waals surface area contributed by atoms with Crippen LogP contribution in [0.2, 0.25) is 0 Å². The summed E-state index contributed by atoms with van der Waals surface area (Å²) in [4.78, 5) is 5.06. The van der Waals surface area contributed by atoms with Gasteiger partial charge >= 0.3 is 0 Å². The third-order valence-electron chi connectivity index (χ3n) is 4.53. The van der Waals surface area contributed by atoms with E-state index in [2.05, 4.69) is 16.8 Å². The molecule has 2 saturated heterocycles. The summed E-state index contributed by atoms with van der Waals surface area (Å²) >= 11 is 0. The molecular formula is C15H30N2O2. The number of piperidine rings is 1. The first kappa shape index (κ1) is 15.2. The Labute approximate surface area is 118 Å². The van der Waals surface area contributed by atoms with Gasteiger partial charge in [0.05, 0.1) is 0 Å². The second kappa shape index (κ2) is 7.58. The lowest BCUT2D eigenvalue weighted by atomic mass is 9.72. The standard InChI is InChI=1S/C15H30N2O2/c1-16-13-15(14-16)5-8-17(9-6-15)7-3-11-19-12-4-10-18-2/h3-14H2,1-2H3. The van der Waals surface area contributed by atoms with Crippen LogP contribution in [0.5, 0.6) is 0 Å². The van der Waals surface area contributed by atoms with Gasteiger partial charge in [0.25, 0.3) is 0 Å². The number of methoxy groups -OCH3 is 1. The Balaban J connectivity index is 1.45. The van der Waals surface area contributed by atoms with Crippen molar-refractivity contribution in [3.63, 3.8) is 0 Å². The van der Waals surface area contributed by atoms with Crippen molar-refractivity contribution in [2.75, 3.05) is 66.7 Å². The lowest BCUT2D eigenvalue weighted by Crippen LogP contribution is -2.58.